The Morgan fingerprint density at radius 1 is 1.46 bits per heavy atom. The molecule has 0 spiro atoms. The molecule has 2 saturated heterocycles. The fourth-order valence-electron chi connectivity index (χ4n) is 3.03. The van der Waals surface area contributed by atoms with Crippen LogP contribution in [0.25, 0.3) is 0 Å². The molecule has 0 aliphatic carbocycles. The number of carbonyl (C=O) groups is 2. The molecular formula is C15H14F3IN2O2S. The van der Waals surface area contributed by atoms with Crippen LogP contribution >= 0.6 is 34.4 Å². The van der Waals surface area contributed by atoms with E-state index in [1.54, 1.807) is 16.7 Å². The molecule has 2 amide bonds. The molecule has 0 bridgehead atoms. The smallest absolute Gasteiger partial charge is 0.323 e. The Morgan fingerprint density at radius 3 is 2.83 bits per heavy atom. The maximum absolute atomic E-state index is 12.8. The Hall–Kier alpha value is -0.970. The zero-order valence-electron chi connectivity index (χ0n) is 12.6. The summed E-state index contributed by atoms with van der Waals surface area (Å²) >= 11 is 3.41. The third-order valence-electron chi connectivity index (χ3n) is 4.30. The van der Waals surface area contributed by atoms with E-state index in [1.807, 2.05) is 29.5 Å². The lowest BCUT2D eigenvalue weighted by molar-refractivity contribution is -0.137. The van der Waals surface area contributed by atoms with Gasteiger partial charge in [-0.1, -0.05) is 0 Å². The molecule has 0 aromatic heterocycles. The van der Waals surface area contributed by atoms with Crippen molar-refractivity contribution >= 4 is 51.9 Å². The number of nitrogens with one attached hydrogen (secondary N) is 1. The lowest BCUT2D eigenvalue weighted by Crippen LogP contribution is -2.48. The maximum Gasteiger partial charge on any atom is 0.416 e. The minimum Gasteiger partial charge on any atom is -0.323 e. The summed E-state index contributed by atoms with van der Waals surface area (Å²) in [6, 6.07) is 2.56. The first-order valence-corrected chi connectivity index (χ1v) is 9.32. The van der Waals surface area contributed by atoms with Gasteiger partial charge in [0.05, 0.1) is 16.1 Å². The van der Waals surface area contributed by atoms with Crippen LogP contribution in [0.5, 0.6) is 0 Å². The number of halogens is 4. The highest BCUT2D eigenvalue weighted by Crippen LogP contribution is 2.47. The van der Waals surface area contributed by atoms with Gasteiger partial charge in [0.2, 0.25) is 11.8 Å². The third kappa shape index (κ3) is 3.12. The van der Waals surface area contributed by atoms with Crippen molar-refractivity contribution in [2.24, 2.45) is 0 Å². The van der Waals surface area contributed by atoms with E-state index >= 15 is 0 Å². The molecule has 130 valence electrons. The third-order valence-corrected chi connectivity index (χ3v) is 6.74. The Balaban J connectivity index is 1.82. The highest BCUT2D eigenvalue weighted by molar-refractivity contribution is 14.1. The van der Waals surface area contributed by atoms with Gasteiger partial charge in [0.1, 0.15) is 6.04 Å². The number of hydrogen-bond acceptors (Lipinski definition) is 3. The number of amides is 2. The summed E-state index contributed by atoms with van der Waals surface area (Å²) in [5.41, 5.74) is -0.707. The van der Waals surface area contributed by atoms with Crippen LogP contribution < -0.4 is 5.32 Å². The molecule has 24 heavy (non-hydrogen) atoms. The summed E-state index contributed by atoms with van der Waals surface area (Å²) in [5, 5.41) is 2.56. The number of fused-ring (bicyclic) bond motifs is 1. The van der Waals surface area contributed by atoms with Gasteiger partial charge in [-0.05, 0) is 54.1 Å². The molecule has 2 unspecified atom stereocenters. The zero-order chi connectivity index (χ0) is 17.7. The summed E-state index contributed by atoms with van der Waals surface area (Å²) in [6.45, 7) is 1.92. The highest BCUT2D eigenvalue weighted by atomic mass is 127. The maximum atomic E-state index is 12.8. The lowest BCUT2D eigenvalue weighted by Gasteiger charge is -2.30. The Kier molecular flexibility index (Phi) is 4.52. The number of anilines is 1. The summed E-state index contributed by atoms with van der Waals surface area (Å²) < 4.78 is 39.0. The predicted molar refractivity (Wildman–Crippen MR) is 93.5 cm³/mol. The van der Waals surface area contributed by atoms with E-state index in [9.17, 15) is 22.8 Å². The predicted octanol–water partition coefficient (Wildman–Crippen LogP) is 3.70. The minimum absolute atomic E-state index is 0.0820. The van der Waals surface area contributed by atoms with Crippen molar-refractivity contribution in [3.05, 3.63) is 27.3 Å². The number of carbonyl (C=O) groups excluding carboxylic acids is 2. The van der Waals surface area contributed by atoms with Crippen molar-refractivity contribution < 1.29 is 22.8 Å². The van der Waals surface area contributed by atoms with Crippen LogP contribution in [0.3, 0.4) is 0 Å². The van der Waals surface area contributed by atoms with Crippen LogP contribution in [0.2, 0.25) is 0 Å². The standard InChI is InChI=1S/C15H14F3IN2O2S/c1-14-5-4-12(22)21(14)11(7-24-14)13(23)20-10-6-8(15(16,17)18)2-3-9(10)19/h2-3,6,11H,4-5,7H2,1H3,(H,20,23). The molecule has 9 heteroatoms. The molecule has 2 heterocycles. The first-order valence-electron chi connectivity index (χ1n) is 7.25. The zero-order valence-corrected chi connectivity index (χ0v) is 15.6. The van der Waals surface area contributed by atoms with Crippen molar-refractivity contribution in [2.75, 3.05) is 11.1 Å². The van der Waals surface area contributed by atoms with E-state index in [4.69, 9.17) is 0 Å². The average molecular weight is 470 g/mol. The second-order valence-corrected chi connectivity index (χ2v) is 8.61. The van der Waals surface area contributed by atoms with Gasteiger partial charge in [0.25, 0.3) is 0 Å². The second kappa shape index (κ2) is 6.08. The Morgan fingerprint density at radius 2 is 2.17 bits per heavy atom. The van der Waals surface area contributed by atoms with Gasteiger partial charge in [-0.25, -0.2) is 0 Å². The van der Waals surface area contributed by atoms with E-state index in [2.05, 4.69) is 5.32 Å². The topological polar surface area (TPSA) is 49.4 Å². The largest absolute Gasteiger partial charge is 0.416 e. The molecule has 0 saturated carbocycles. The summed E-state index contributed by atoms with van der Waals surface area (Å²) in [7, 11) is 0. The first kappa shape index (κ1) is 17.8. The molecule has 4 nitrogen and oxygen atoms in total. The summed E-state index contributed by atoms with van der Waals surface area (Å²) in [4.78, 5) is 25.8. The van der Waals surface area contributed by atoms with Gasteiger partial charge in [-0.3, -0.25) is 9.59 Å². The number of alkyl halides is 3. The van der Waals surface area contributed by atoms with Gasteiger partial charge < -0.3 is 10.2 Å². The van der Waals surface area contributed by atoms with Crippen LogP contribution in [0.4, 0.5) is 18.9 Å². The molecule has 1 N–H and O–H groups in total. The quantitative estimate of drug-likeness (QED) is 0.671. The lowest BCUT2D eigenvalue weighted by atomic mass is 10.1. The van der Waals surface area contributed by atoms with Crippen LogP contribution in [-0.2, 0) is 15.8 Å². The van der Waals surface area contributed by atoms with E-state index < -0.39 is 23.7 Å². The van der Waals surface area contributed by atoms with Crippen molar-refractivity contribution in [1.82, 2.24) is 4.90 Å². The Bertz CT molecular complexity index is 712. The summed E-state index contributed by atoms with van der Waals surface area (Å²) in [5.74, 6) is -0.0797. The average Bonchev–Trinajstić information content (AvgIpc) is 2.97. The highest BCUT2D eigenvalue weighted by Gasteiger charge is 2.52. The van der Waals surface area contributed by atoms with Crippen LogP contribution in [0, 0.1) is 3.57 Å². The van der Waals surface area contributed by atoms with Crippen molar-refractivity contribution in [2.45, 2.75) is 36.9 Å². The van der Waals surface area contributed by atoms with Gasteiger partial charge >= 0.3 is 6.18 Å². The van der Waals surface area contributed by atoms with Crippen LogP contribution in [-0.4, -0.2) is 33.4 Å². The monoisotopic (exact) mass is 470 g/mol. The van der Waals surface area contributed by atoms with Crippen molar-refractivity contribution in [3.8, 4) is 0 Å². The van der Waals surface area contributed by atoms with Gasteiger partial charge in [-0.15, -0.1) is 11.8 Å². The molecule has 2 aliphatic heterocycles. The molecular weight excluding hydrogens is 456 g/mol. The molecule has 1 aromatic carbocycles. The van der Waals surface area contributed by atoms with Crippen LogP contribution in [0.15, 0.2) is 18.2 Å². The first-order chi connectivity index (χ1) is 11.1. The fraction of sp³-hybridized carbons (Fsp3) is 0.467. The van der Waals surface area contributed by atoms with Gasteiger partial charge in [0.15, 0.2) is 0 Å². The molecule has 2 atom stereocenters. The van der Waals surface area contributed by atoms with E-state index in [0.29, 0.717) is 22.2 Å². The second-order valence-electron chi connectivity index (χ2n) is 5.95. The molecule has 2 fully saturated rings. The number of benzene rings is 1. The molecule has 3 rings (SSSR count). The molecule has 2 aliphatic rings. The fourth-order valence-corrected chi connectivity index (χ4v) is 4.93. The normalized spacial score (nSPS) is 26.6. The van der Waals surface area contributed by atoms with Gasteiger partial charge in [-0.2, -0.15) is 13.2 Å². The number of hydrogen-bond donors (Lipinski definition) is 1. The number of rotatable bonds is 2. The van der Waals surface area contributed by atoms with Gasteiger partial charge in [0, 0.05) is 15.7 Å². The molecule has 0 radical (unpaired) electrons. The summed E-state index contributed by atoms with van der Waals surface area (Å²) in [6.07, 6.45) is -3.40. The SMILES string of the molecule is CC12CCC(=O)N1C(C(=O)Nc1cc(C(F)(F)F)ccc1I)CS2. The van der Waals surface area contributed by atoms with E-state index in [0.717, 1.165) is 12.1 Å². The number of thioether (sulfide) groups is 1. The number of nitrogens with zero attached hydrogens (tertiary/aromatic N) is 1. The van der Waals surface area contributed by atoms with Crippen LogP contribution in [0.1, 0.15) is 25.3 Å². The van der Waals surface area contributed by atoms with E-state index in [-0.39, 0.29) is 16.5 Å². The Labute approximate surface area is 154 Å². The van der Waals surface area contributed by atoms with E-state index in [1.165, 1.54) is 6.07 Å². The molecule has 1 aromatic rings. The van der Waals surface area contributed by atoms with Crippen molar-refractivity contribution in [3.63, 3.8) is 0 Å². The minimum atomic E-state index is -4.48. The van der Waals surface area contributed by atoms with Crippen molar-refractivity contribution in [1.29, 1.82) is 0 Å².